The Labute approximate surface area is 225 Å². The van der Waals surface area contributed by atoms with Crippen molar-refractivity contribution in [2.24, 2.45) is 0 Å². The van der Waals surface area contributed by atoms with E-state index >= 15 is 0 Å². The van der Waals surface area contributed by atoms with Crippen LogP contribution >= 0.6 is 11.6 Å². The van der Waals surface area contributed by atoms with Gasteiger partial charge in [-0.25, -0.2) is 14.6 Å². The lowest BCUT2D eigenvalue weighted by Gasteiger charge is -2.34. The van der Waals surface area contributed by atoms with Crippen molar-refractivity contribution in [3.05, 3.63) is 71.9 Å². The highest BCUT2D eigenvalue weighted by atomic mass is 35.5. The molecule has 4 N–H and O–H groups in total. The number of methoxy groups -OCH3 is 1. The Balaban J connectivity index is 0.000000436. The molecule has 3 aromatic rings. The number of hydrogen-bond donors (Lipinski definition) is 4. The average Bonchev–Trinajstić information content (AvgIpc) is 2.91. The van der Waals surface area contributed by atoms with Crippen LogP contribution in [0.5, 0.6) is 5.75 Å². The number of nitrogens with zero attached hydrogens (tertiary/aromatic N) is 4. The van der Waals surface area contributed by atoms with Gasteiger partial charge >= 0.3 is 11.9 Å². The molecule has 12 heteroatoms. The van der Waals surface area contributed by atoms with Gasteiger partial charge in [0, 0.05) is 49.7 Å². The van der Waals surface area contributed by atoms with Crippen molar-refractivity contribution in [1.29, 1.82) is 0 Å². The highest BCUT2D eigenvalue weighted by Gasteiger charge is 2.14. The number of hydrogen-bond acceptors (Lipinski definition) is 9. The summed E-state index contributed by atoms with van der Waals surface area (Å²) in [7, 11) is 3.79. The second kappa shape index (κ2) is 13.8. The first-order valence-corrected chi connectivity index (χ1v) is 12.0. The number of aromatic nitrogens is 2. The van der Waals surface area contributed by atoms with E-state index < -0.39 is 11.9 Å². The van der Waals surface area contributed by atoms with E-state index in [-0.39, 0.29) is 0 Å². The maximum atomic E-state index is 9.55. The summed E-state index contributed by atoms with van der Waals surface area (Å²) in [4.78, 5) is 32.7. The lowest BCUT2D eigenvalue weighted by molar-refractivity contribution is -0.134. The summed E-state index contributed by atoms with van der Waals surface area (Å²) >= 11 is 6.30. The molecule has 0 atom stereocenters. The number of likely N-dealkylation sites (N-methyl/N-ethyl adjacent to an activating group) is 1. The zero-order valence-electron chi connectivity index (χ0n) is 21.0. The molecule has 38 heavy (non-hydrogen) atoms. The van der Waals surface area contributed by atoms with E-state index in [1.165, 1.54) is 5.69 Å². The molecule has 200 valence electrons. The van der Waals surface area contributed by atoms with Gasteiger partial charge in [-0.3, -0.25) is 0 Å². The van der Waals surface area contributed by atoms with Crippen molar-refractivity contribution in [2.75, 3.05) is 55.9 Å². The zero-order chi connectivity index (χ0) is 27.5. The number of para-hydroxylation sites is 2. The first kappa shape index (κ1) is 28.2. The molecule has 0 bridgehead atoms. The SMILES string of the molecule is COc1ccccc1Nc1nc(Nc2ccc(N3CCN(C)CC3)cc2)ncc1Cl.O=C(O)/C=C/C(=O)O. The minimum absolute atomic E-state index is 0.428. The third kappa shape index (κ3) is 8.64. The van der Waals surface area contributed by atoms with E-state index in [2.05, 4.69) is 49.6 Å². The summed E-state index contributed by atoms with van der Waals surface area (Å²) in [6.07, 6.45) is 2.69. The van der Waals surface area contributed by atoms with Crippen molar-refractivity contribution < 1.29 is 24.5 Å². The molecule has 0 saturated carbocycles. The molecule has 1 aliphatic rings. The van der Waals surface area contributed by atoms with E-state index in [0.29, 0.717) is 34.7 Å². The second-order valence-electron chi connectivity index (χ2n) is 8.19. The smallest absolute Gasteiger partial charge is 0.328 e. The molecule has 0 aliphatic carbocycles. The summed E-state index contributed by atoms with van der Waals surface area (Å²) < 4.78 is 5.38. The number of piperazine rings is 1. The summed E-state index contributed by atoms with van der Waals surface area (Å²) in [5, 5.41) is 22.5. The van der Waals surface area contributed by atoms with Crippen LogP contribution in [-0.2, 0) is 9.59 Å². The fourth-order valence-electron chi connectivity index (χ4n) is 3.48. The van der Waals surface area contributed by atoms with Crippen LogP contribution in [0.4, 0.5) is 28.8 Å². The first-order valence-electron chi connectivity index (χ1n) is 11.6. The fourth-order valence-corrected chi connectivity index (χ4v) is 3.62. The van der Waals surface area contributed by atoms with E-state index in [1.807, 2.05) is 36.4 Å². The van der Waals surface area contributed by atoms with E-state index in [4.69, 9.17) is 26.6 Å². The number of aliphatic carboxylic acids is 2. The number of carbonyl (C=O) groups is 2. The highest BCUT2D eigenvalue weighted by molar-refractivity contribution is 6.32. The average molecular weight is 541 g/mol. The third-order valence-electron chi connectivity index (χ3n) is 5.46. The van der Waals surface area contributed by atoms with Gasteiger partial charge in [-0.1, -0.05) is 23.7 Å². The number of anilines is 5. The van der Waals surface area contributed by atoms with Gasteiger partial charge < -0.3 is 35.4 Å². The number of nitrogens with one attached hydrogen (secondary N) is 2. The predicted molar refractivity (Wildman–Crippen MR) is 147 cm³/mol. The van der Waals surface area contributed by atoms with Gasteiger partial charge in [0.05, 0.1) is 19.0 Å². The van der Waals surface area contributed by atoms with Gasteiger partial charge in [-0.05, 0) is 43.4 Å². The number of ether oxygens (including phenoxy) is 1. The van der Waals surface area contributed by atoms with Crippen LogP contribution in [0.1, 0.15) is 0 Å². The number of rotatable bonds is 8. The summed E-state index contributed by atoms with van der Waals surface area (Å²) in [5.74, 6) is -0.835. The Morgan fingerprint density at radius 1 is 0.974 bits per heavy atom. The van der Waals surface area contributed by atoms with Crippen molar-refractivity contribution in [3.8, 4) is 5.75 Å². The first-order chi connectivity index (χ1) is 18.2. The van der Waals surface area contributed by atoms with Crippen LogP contribution in [0, 0.1) is 0 Å². The van der Waals surface area contributed by atoms with Gasteiger partial charge in [0.15, 0.2) is 5.82 Å². The lowest BCUT2D eigenvalue weighted by atomic mass is 10.2. The van der Waals surface area contributed by atoms with Crippen LogP contribution in [0.3, 0.4) is 0 Å². The minimum atomic E-state index is -1.26. The molecule has 0 spiro atoms. The zero-order valence-corrected chi connectivity index (χ0v) is 21.7. The van der Waals surface area contributed by atoms with Gasteiger partial charge in [-0.2, -0.15) is 4.98 Å². The van der Waals surface area contributed by atoms with E-state index in [9.17, 15) is 9.59 Å². The summed E-state index contributed by atoms with van der Waals surface area (Å²) in [6, 6.07) is 15.9. The molecule has 4 rings (SSSR count). The molecule has 1 aliphatic heterocycles. The number of halogens is 1. The van der Waals surface area contributed by atoms with Crippen molar-refractivity contribution in [3.63, 3.8) is 0 Å². The number of benzene rings is 2. The Kier molecular flexibility index (Phi) is 10.3. The van der Waals surface area contributed by atoms with E-state index in [1.54, 1.807) is 13.3 Å². The van der Waals surface area contributed by atoms with Crippen LogP contribution in [0.25, 0.3) is 0 Å². The molecule has 2 aromatic carbocycles. The number of carboxylic acids is 2. The monoisotopic (exact) mass is 540 g/mol. The Morgan fingerprint density at radius 2 is 1.61 bits per heavy atom. The largest absolute Gasteiger partial charge is 0.495 e. The Hall–Kier alpha value is -4.35. The van der Waals surface area contributed by atoms with Crippen molar-refractivity contribution >= 4 is 52.4 Å². The van der Waals surface area contributed by atoms with Crippen LogP contribution in [0.15, 0.2) is 66.9 Å². The quantitative estimate of drug-likeness (QED) is 0.307. The van der Waals surface area contributed by atoms with Crippen LogP contribution in [-0.4, -0.2) is 77.4 Å². The summed E-state index contributed by atoms with van der Waals surface area (Å²) in [5.41, 5.74) is 2.92. The third-order valence-corrected chi connectivity index (χ3v) is 5.74. The molecular weight excluding hydrogens is 512 g/mol. The topological polar surface area (TPSA) is 140 Å². The molecule has 1 saturated heterocycles. The lowest BCUT2D eigenvalue weighted by Crippen LogP contribution is -2.44. The fraction of sp³-hybridized carbons (Fsp3) is 0.231. The standard InChI is InChI=1S/C22H25ClN6O.C4H4O4/c1-28-11-13-29(14-12-28)17-9-7-16(8-10-17)25-22-24-15-18(23)21(27-22)26-19-5-3-4-6-20(19)30-2;5-3(6)1-2-4(7)8/h3-10,15H,11-14H2,1-2H3,(H2,24,25,26,27);1-2H,(H,5,6)(H,7,8)/b;2-1+. The molecule has 0 radical (unpaired) electrons. The Morgan fingerprint density at radius 3 is 2.21 bits per heavy atom. The van der Waals surface area contributed by atoms with Crippen LogP contribution < -0.4 is 20.3 Å². The van der Waals surface area contributed by atoms with E-state index in [0.717, 1.165) is 37.6 Å². The van der Waals surface area contributed by atoms with Crippen molar-refractivity contribution in [1.82, 2.24) is 14.9 Å². The molecule has 0 unspecified atom stereocenters. The molecule has 0 amide bonds. The molecule has 2 heterocycles. The minimum Gasteiger partial charge on any atom is -0.495 e. The highest BCUT2D eigenvalue weighted by Crippen LogP contribution is 2.30. The second-order valence-corrected chi connectivity index (χ2v) is 8.59. The normalized spacial score (nSPS) is 13.4. The van der Waals surface area contributed by atoms with Crippen LogP contribution in [0.2, 0.25) is 5.02 Å². The number of carboxylic acid groups (broad SMARTS) is 2. The summed E-state index contributed by atoms with van der Waals surface area (Å²) in [6.45, 7) is 4.25. The predicted octanol–water partition coefficient (Wildman–Crippen LogP) is 4.09. The van der Waals surface area contributed by atoms with Crippen molar-refractivity contribution in [2.45, 2.75) is 0 Å². The Bertz CT molecular complexity index is 1250. The molecular formula is C26H29ClN6O5. The van der Waals surface area contributed by atoms with Gasteiger partial charge in [0.25, 0.3) is 0 Å². The molecule has 1 aromatic heterocycles. The van der Waals surface area contributed by atoms with Gasteiger partial charge in [-0.15, -0.1) is 0 Å². The maximum Gasteiger partial charge on any atom is 0.328 e. The van der Waals surface area contributed by atoms with Gasteiger partial charge in [0.1, 0.15) is 10.8 Å². The maximum absolute atomic E-state index is 9.55. The molecule has 11 nitrogen and oxygen atoms in total. The molecule has 1 fully saturated rings. The van der Waals surface area contributed by atoms with Gasteiger partial charge in [0.2, 0.25) is 5.95 Å².